The fraction of sp³-hybridized carbons (Fsp3) is 0.217. The third kappa shape index (κ3) is 5.39. The Morgan fingerprint density at radius 2 is 1.79 bits per heavy atom. The molecule has 0 aliphatic rings. The summed E-state index contributed by atoms with van der Waals surface area (Å²) in [7, 11) is 0. The van der Waals surface area contributed by atoms with E-state index in [1.807, 2.05) is 38.1 Å². The Morgan fingerprint density at radius 1 is 1.07 bits per heavy atom. The van der Waals surface area contributed by atoms with Gasteiger partial charge in [0.2, 0.25) is 5.91 Å². The van der Waals surface area contributed by atoms with E-state index in [0.717, 1.165) is 16.9 Å². The van der Waals surface area contributed by atoms with Crippen molar-refractivity contribution in [1.29, 1.82) is 0 Å². The van der Waals surface area contributed by atoms with Crippen molar-refractivity contribution in [3.05, 3.63) is 90.0 Å². The Hall–Kier alpha value is -3.21. The molecule has 0 spiro atoms. The van der Waals surface area contributed by atoms with Gasteiger partial charge in [0.1, 0.15) is 11.6 Å². The van der Waals surface area contributed by atoms with Gasteiger partial charge in [-0.25, -0.2) is 4.39 Å². The van der Waals surface area contributed by atoms with Gasteiger partial charge in [0.25, 0.3) is 0 Å². The van der Waals surface area contributed by atoms with Crippen LogP contribution < -0.4 is 10.1 Å². The number of nitrogens with zero attached hydrogens (tertiary/aromatic N) is 1. The molecular formula is C23H23FN2O2. The highest BCUT2D eigenvalue weighted by molar-refractivity contribution is 5.96. The maximum atomic E-state index is 13.3. The van der Waals surface area contributed by atoms with Gasteiger partial charge in [-0.3, -0.25) is 9.78 Å². The van der Waals surface area contributed by atoms with E-state index in [4.69, 9.17) is 4.74 Å². The Morgan fingerprint density at radius 3 is 2.39 bits per heavy atom. The van der Waals surface area contributed by atoms with Crippen LogP contribution in [0.15, 0.2) is 73.1 Å². The summed E-state index contributed by atoms with van der Waals surface area (Å²) in [5, 5.41) is 2.95. The Bertz CT molecular complexity index is 894. The summed E-state index contributed by atoms with van der Waals surface area (Å²) in [5.74, 6) is -0.201. The molecule has 0 aliphatic heterocycles. The second kappa shape index (κ2) is 9.13. The van der Waals surface area contributed by atoms with Crippen LogP contribution in [0.25, 0.3) is 0 Å². The molecule has 4 nitrogen and oxygen atoms in total. The molecule has 0 aliphatic carbocycles. The maximum Gasteiger partial charge on any atom is 0.232 e. The van der Waals surface area contributed by atoms with Gasteiger partial charge in [0, 0.05) is 18.1 Å². The fourth-order valence-corrected chi connectivity index (χ4v) is 2.93. The molecule has 0 fully saturated rings. The number of amides is 1. The molecule has 0 bridgehead atoms. The molecule has 1 unspecified atom stereocenters. The molecule has 0 radical (unpaired) electrons. The molecule has 1 N–H and O–H groups in total. The molecule has 1 atom stereocenters. The smallest absolute Gasteiger partial charge is 0.232 e. The van der Waals surface area contributed by atoms with Crippen LogP contribution in [0, 0.1) is 5.82 Å². The minimum atomic E-state index is -0.462. The first-order valence-corrected chi connectivity index (χ1v) is 9.23. The van der Waals surface area contributed by atoms with Crippen molar-refractivity contribution in [3.63, 3.8) is 0 Å². The van der Waals surface area contributed by atoms with Crippen molar-refractivity contribution in [2.75, 3.05) is 5.32 Å². The van der Waals surface area contributed by atoms with Crippen LogP contribution in [0.5, 0.6) is 5.75 Å². The number of ether oxygens (including phenoxy) is 1. The van der Waals surface area contributed by atoms with Crippen LogP contribution in [0.1, 0.15) is 30.9 Å². The summed E-state index contributed by atoms with van der Waals surface area (Å²) < 4.78 is 19.0. The van der Waals surface area contributed by atoms with Crippen LogP contribution in [-0.2, 0) is 11.2 Å². The summed E-state index contributed by atoms with van der Waals surface area (Å²) in [4.78, 5) is 17.1. The van der Waals surface area contributed by atoms with E-state index in [2.05, 4.69) is 10.3 Å². The molecule has 0 saturated heterocycles. The van der Waals surface area contributed by atoms with Gasteiger partial charge in [0.15, 0.2) is 0 Å². The fourth-order valence-electron chi connectivity index (χ4n) is 2.93. The molecule has 1 aromatic heterocycles. The minimum Gasteiger partial charge on any atom is -0.491 e. The largest absolute Gasteiger partial charge is 0.491 e. The molecule has 28 heavy (non-hydrogen) atoms. The lowest BCUT2D eigenvalue weighted by Crippen LogP contribution is -2.23. The zero-order chi connectivity index (χ0) is 19.9. The lowest BCUT2D eigenvalue weighted by molar-refractivity contribution is -0.117. The van der Waals surface area contributed by atoms with Crippen molar-refractivity contribution >= 4 is 11.6 Å². The van der Waals surface area contributed by atoms with E-state index in [9.17, 15) is 9.18 Å². The molecular weight excluding hydrogens is 355 g/mol. The van der Waals surface area contributed by atoms with Crippen molar-refractivity contribution in [3.8, 4) is 5.75 Å². The zero-order valence-electron chi connectivity index (χ0n) is 15.9. The molecule has 1 amide bonds. The maximum absolute atomic E-state index is 13.3. The van der Waals surface area contributed by atoms with Crippen molar-refractivity contribution in [1.82, 2.24) is 4.98 Å². The highest BCUT2D eigenvalue weighted by Gasteiger charge is 2.21. The van der Waals surface area contributed by atoms with Crippen LogP contribution in [0.2, 0.25) is 0 Å². The molecule has 1 heterocycles. The summed E-state index contributed by atoms with van der Waals surface area (Å²) in [6.45, 7) is 3.92. The van der Waals surface area contributed by atoms with Crippen LogP contribution in [0.4, 0.5) is 10.1 Å². The zero-order valence-corrected chi connectivity index (χ0v) is 15.9. The van der Waals surface area contributed by atoms with Gasteiger partial charge >= 0.3 is 0 Å². The number of benzene rings is 2. The molecule has 144 valence electrons. The molecule has 5 heteroatoms. The van der Waals surface area contributed by atoms with Gasteiger partial charge in [-0.2, -0.15) is 0 Å². The van der Waals surface area contributed by atoms with E-state index in [1.165, 1.54) is 12.1 Å². The van der Waals surface area contributed by atoms with E-state index >= 15 is 0 Å². The first-order valence-electron chi connectivity index (χ1n) is 9.23. The number of pyridine rings is 1. The van der Waals surface area contributed by atoms with Gasteiger partial charge < -0.3 is 10.1 Å². The Balaban J connectivity index is 1.78. The molecule has 2 aromatic carbocycles. The third-order valence-corrected chi connectivity index (χ3v) is 4.25. The highest BCUT2D eigenvalue weighted by atomic mass is 19.1. The van der Waals surface area contributed by atoms with Crippen molar-refractivity contribution in [2.24, 2.45) is 0 Å². The Kier molecular flexibility index (Phi) is 6.37. The number of nitrogens with one attached hydrogen (secondary N) is 1. The van der Waals surface area contributed by atoms with Gasteiger partial charge in [-0.15, -0.1) is 0 Å². The second-order valence-corrected chi connectivity index (χ2v) is 6.85. The topological polar surface area (TPSA) is 51.2 Å². The highest BCUT2D eigenvalue weighted by Crippen LogP contribution is 2.24. The SMILES string of the molecule is CC(C)Oc1ccc(NC(=O)C(Cc2cccnc2)c2ccc(F)cc2)cc1. The number of carbonyl (C=O) groups is 1. The number of hydrogen-bond donors (Lipinski definition) is 1. The summed E-state index contributed by atoms with van der Waals surface area (Å²) >= 11 is 0. The average Bonchev–Trinajstić information content (AvgIpc) is 2.69. The normalized spacial score (nSPS) is 11.9. The average molecular weight is 378 g/mol. The molecule has 3 rings (SSSR count). The molecule has 0 saturated carbocycles. The minimum absolute atomic E-state index is 0.0859. The van der Waals surface area contributed by atoms with Crippen LogP contribution in [0.3, 0.4) is 0 Å². The first kappa shape index (κ1) is 19.5. The number of rotatable bonds is 7. The van der Waals surface area contributed by atoms with E-state index in [0.29, 0.717) is 12.1 Å². The number of aromatic nitrogens is 1. The van der Waals surface area contributed by atoms with Crippen molar-refractivity contribution < 1.29 is 13.9 Å². The van der Waals surface area contributed by atoms with Crippen LogP contribution in [-0.4, -0.2) is 17.0 Å². The molecule has 3 aromatic rings. The van der Waals surface area contributed by atoms with Crippen molar-refractivity contribution in [2.45, 2.75) is 32.3 Å². The third-order valence-electron chi connectivity index (χ3n) is 4.25. The second-order valence-electron chi connectivity index (χ2n) is 6.85. The van der Waals surface area contributed by atoms with Gasteiger partial charge in [-0.05, 0) is 73.9 Å². The predicted molar refractivity (Wildman–Crippen MR) is 108 cm³/mol. The number of hydrogen-bond acceptors (Lipinski definition) is 3. The Labute approximate surface area is 164 Å². The van der Waals surface area contributed by atoms with E-state index in [1.54, 1.807) is 36.7 Å². The summed E-state index contributed by atoms with van der Waals surface area (Å²) in [5.41, 5.74) is 2.37. The monoisotopic (exact) mass is 378 g/mol. The van der Waals surface area contributed by atoms with Gasteiger partial charge in [0.05, 0.1) is 12.0 Å². The summed E-state index contributed by atoms with van der Waals surface area (Å²) in [6.07, 6.45) is 3.99. The number of anilines is 1. The summed E-state index contributed by atoms with van der Waals surface area (Å²) in [6, 6.07) is 17.1. The first-order chi connectivity index (χ1) is 13.5. The standard InChI is InChI=1S/C23H23FN2O2/c1-16(2)28-21-11-9-20(10-12-21)26-23(27)22(14-17-4-3-13-25-15-17)18-5-7-19(24)8-6-18/h3-13,15-16,22H,14H2,1-2H3,(H,26,27). The predicted octanol–water partition coefficient (Wildman–Crippen LogP) is 4.97. The van der Waals surface area contributed by atoms with Gasteiger partial charge in [-0.1, -0.05) is 18.2 Å². The lowest BCUT2D eigenvalue weighted by Gasteiger charge is -2.18. The quantitative estimate of drug-likeness (QED) is 0.631. The van der Waals surface area contributed by atoms with E-state index in [-0.39, 0.29) is 17.8 Å². The van der Waals surface area contributed by atoms with E-state index < -0.39 is 5.92 Å². The number of halogens is 1. The lowest BCUT2D eigenvalue weighted by atomic mass is 9.91. The van der Waals surface area contributed by atoms with Crippen LogP contribution >= 0.6 is 0 Å². The number of carbonyl (C=O) groups excluding carboxylic acids is 1.